The second-order valence-corrected chi connectivity index (χ2v) is 17.4. The summed E-state index contributed by atoms with van der Waals surface area (Å²) in [5.74, 6) is -2.11. The second kappa shape index (κ2) is 15.6. The summed E-state index contributed by atoms with van der Waals surface area (Å²) in [6.07, 6.45) is 0. The van der Waals surface area contributed by atoms with E-state index in [1.54, 1.807) is 0 Å². The molecule has 27 heteroatoms. The minimum Gasteiger partial charge on any atom is -0.505 e. The van der Waals surface area contributed by atoms with E-state index in [1.807, 2.05) is 0 Å². The van der Waals surface area contributed by atoms with E-state index in [0.717, 1.165) is 30.3 Å². The topological polar surface area (TPSA) is 334 Å². The molecule has 7 N–H and O–H groups in total. The van der Waals surface area contributed by atoms with Gasteiger partial charge in [-0.2, -0.15) is 40.2 Å². The normalized spacial score (nSPS) is 12.7. The molecule has 4 aromatic carbocycles. The molecule has 0 saturated carbocycles. The zero-order valence-corrected chi connectivity index (χ0v) is 31.2. The summed E-state index contributed by atoms with van der Waals surface area (Å²) >= 11 is 6.17. The zero-order chi connectivity index (χ0) is 39.6. The van der Waals surface area contributed by atoms with Crippen molar-refractivity contribution in [1.29, 1.82) is 0 Å². The van der Waals surface area contributed by atoms with Gasteiger partial charge in [0.2, 0.25) is 17.2 Å². The Hall–Kier alpha value is -4.61. The number of benzene rings is 4. The average Bonchev–Trinajstić information content (AvgIpc) is 3.06. The first-order chi connectivity index (χ1) is 25.1. The fourth-order valence-corrected chi connectivity index (χ4v) is 7.78. The number of nitrogens with zero attached hydrogens (tertiary/aromatic N) is 5. The fraction of sp³-hybridized carbons (Fsp3) is 0.0741. The Kier molecular flexibility index (Phi) is 11.7. The van der Waals surface area contributed by atoms with Crippen LogP contribution >= 0.6 is 23.6 Å². The van der Waals surface area contributed by atoms with Gasteiger partial charge in [-0.05, 0) is 71.6 Å². The first kappa shape index (κ1) is 40.6. The number of hydrogen-bond donors (Lipinski definition) is 7. The maximum atomic E-state index is 12.5. The molecule has 1 heterocycles. The van der Waals surface area contributed by atoms with Crippen LogP contribution in [0.4, 0.5) is 34.6 Å². The number of fused-ring (bicyclic) bond motifs is 1. The number of hydrogen-bond acceptors (Lipinski definition) is 19. The molecular weight excluding hydrogens is 842 g/mol. The van der Waals surface area contributed by atoms with Crippen molar-refractivity contribution in [2.45, 2.75) is 19.6 Å². The minimum absolute atomic E-state index is 0.0612. The molecule has 1 aromatic heterocycles. The second-order valence-electron chi connectivity index (χ2n) is 10.4. The number of aromatic nitrogens is 3. The summed E-state index contributed by atoms with van der Waals surface area (Å²) < 4.78 is 137. The Balaban J connectivity index is 1.52. The van der Waals surface area contributed by atoms with Crippen molar-refractivity contribution in [2.24, 2.45) is 10.2 Å². The largest absolute Gasteiger partial charge is 0.505 e. The molecule has 21 nitrogen and oxygen atoms in total. The number of phenolic OH excluding ortho intramolecular Hbond substituents is 1. The van der Waals surface area contributed by atoms with Crippen molar-refractivity contribution >= 4 is 110 Å². The van der Waals surface area contributed by atoms with Crippen LogP contribution in [0.5, 0.6) is 5.75 Å². The fourth-order valence-electron chi connectivity index (χ4n) is 4.56. The van der Waals surface area contributed by atoms with Gasteiger partial charge in [-0.1, -0.05) is 12.1 Å². The molecule has 0 saturated heterocycles. The van der Waals surface area contributed by atoms with Crippen molar-refractivity contribution < 1.29 is 61.2 Å². The van der Waals surface area contributed by atoms with Gasteiger partial charge in [-0.15, -0.1) is 10.2 Å². The summed E-state index contributed by atoms with van der Waals surface area (Å²) in [6, 6.07) is 12.9. The molecule has 0 aliphatic rings. The third-order valence-electron chi connectivity index (χ3n) is 6.83. The molecule has 0 aliphatic carbocycles. The van der Waals surface area contributed by atoms with Crippen molar-refractivity contribution in [3.8, 4) is 5.75 Å². The minimum atomic E-state index is -4.89. The Morgan fingerprint density at radius 2 is 1.43 bits per heavy atom. The molecule has 0 spiro atoms. The Morgan fingerprint density at radius 1 is 0.778 bits per heavy atom. The number of nitrogens with one attached hydrogen (secondary N) is 2. The summed E-state index contributed by atoms with van der Waals surface area (Å²) in [7, 11) is -18.5. The third-order valence-corrected chi connectivity index (χ3v) is 11.4. The predicted octanol–water partition coefficient (Wildman–Crippen LogP) is 4.94. The van der Waals surface area contributed by atoms with E-state index in [2.05, 4.69) is 40.0 Å². The Morgan fingerprint density at radius 3 is 2.04 bits per heavy atom. The lowest BCUT2D eigenvalue weighted by atomic mass is 10.1. The van der Waals surface area contributed by atoms with Gasteiger partial charge >= 0.3 is 10.4 Å². The third kappa shape index (κ3) is 9.92. The van der Waals surface area contributed by atoms with Crippen LogP contribution in [0, 0.1) is 0 Å². The summed E-state index contributed by atoms with van der Waals surface area (Å²) in [5.41, 5.74) is -0.833. The van der Waals surface area contributed by atoms with E-state index in [9.17, 15) is 52.4 Å². The molecule has 0 amide bonds. The smallest absolute Gasteiger partial charge is 0.397 e. The van der Waals surface area contributed by atoms with Crippen LogP contribution in [0.15, 0.2) is 96.5 Å². The highest BCUT2D eigenvalue weighted by molar-refractivity contribution is 7.94. The molecular formula is C27H22ClN7O14S5. The molecule has 0 radical (unpaired) electrons. The van der Waals surface area contributed by atoms with Crippen molar-refractivity contribution in [1.82, 2.24) is 15.0 Å². The van der Waals surface area contributed by atoms with Gasteiger partial charge in [0.15, 0.2) is 15.6 Å². The predicted molar refractivity (Wildman–Crippen MR) is 192 cm³/mol. The SMILES string of the molecule is O=S(=O)(O)OCCS(=O)(=O)c1ccc(Nc2nc(Cl)nc(Nc3cc(S(=O)(=O)O)cc4cc(SO)c(N=Nc5ccccc5S(=O)(=O)O)c(O)c34)n2)cc1. The molecule has 54 heavy (non-hydrogen) atoms. The van der Waals surface area contributed by atoms with Crippen molar-refractivity contribution in [3.63, 3.8) is 0 Å². The van der Waals surface area contributed by atoms with E-state index < -0.39 is 79.3 Å². The van der Waals surface area contributed by atoms with Gasteiger partial charge in [0.1, 0.15) is 16.3 Å². The van der Waals surface area contributed by atoms with Crippen molar-refractivity contribution in [3.05, 3.63) is 72.0 Å². The van der Waals surface area contributed by atoms with Gasteiger partial charge in [0, 0.05) is 23.1 Å². The van der Waals surface area contributed by atoms with Crippen LogP contribution in [-0.4, -0.2) is 84.3 Å². The van der Waals surface area contributed by atoms with Crippen LogP contribution < -0.4 is 10.6 Å². The molecule has 0 bridgehead atoms. The summed E-state index contributed by atoms with van der Waals surface area (Å²) in [6.45, 7) is -0.834. The van der Waals surface area contributed by atoms with Gasteiger partial charge in [-0.3, -0.25) is 13.7 Å². The molecule has 5 aromatic rings. The van der Waals surface area contributed by atoms with Crippen LogP contribution in [-0.2, 0) is 44.7 Å². The molecule has 286 valence electrons. The van der Waals surface area contributed by atoms with E-state index in [1.165, 1.54) is 36.4 Å². The summed E-state index contributed by atoms with van der Waals surface area (Å²) in [4.78, 5) is 10.3. The van der Waals surface area contributed by atoms with Gasteiger partial charge in [0.25, 0.3) is 20.2 Å². The number of anilines is 4. The molecule has 0 fully saturated rings. The average molecular weight is 864 g/mol. The van der Waals surface area contributed by atoms with E-state index in [-0.39, 0.29) is 61.6 Å². The number of halogens is 1. The van der Waals surface area contributed by atoms with E-state index >= 15 is 0 Å². The molecule has 5 rings (SSSR count). The maximum absolute atomic E-state index is 12.5. The van der Waals surface area contributed by atoms with Gasteiger partial charge < -0.3 is 20.3 Å². The Labute approximate surface area is 314 Å². The lowest BCUT2D eigenvalue weighted by Crippen LogP contribution is -2.15. The number of sulfone groups is 1. The lowest BCUT2D eigenvalue weighted by Gasteiger charge is -2.15. The first-order valence-electron chi connectivity index (χ1n) is 14.2. The lowest BCUT2D eigenvalue weighted by molar-refractivity contribution is 0.284. The number of phenols is 1. The zero-order valence-electron chi connectivity index (χ0n) is 26.3. The maximum Gasteiger partial charge on any atom is 0.397 e. The summed E-state index contributed by atoms with van der Waals surface area (Å²) in [5, 5.41) is 23.8. The van der Waals surface area contributed by atoms with Crippen molar-refractivity contribution in [2.75, 3.05) is 23.0 Å². The highest BCUT2D eigenvalue weighted by atomic mass is 35.5. The number of azo groups is 1. The monoisotopic (exact) mass is 863 g/mol. The van der Waals surface area contributed by atoms with Gasteiger partial charge in [-0.25, -0.2) is 12.6 Å². The highest BCUT2D eigenvalue weighted by Gasteiger charge is 2.23. The standard InChI is InChI=1S/C27H22ClN7O14S5/c28-25-31-26(29-15-5-7-16(8-6-15)51(38,39)10-9-49-54(46,47)48)33-27(32-25)30-19-13-17(52(40,41)42)11-14-12-20(50-37)23(24(36)22(14)19)35-34-18-3-1-2-4-21(18)53(43,44)45/h1-8,11-13,36-37H,9-10H2,(H,40,41,42)(H,43,44,45)(H,46,47,48)(H2,29,30,31,32,33). The van der Waals surface area contributed by atoms with Crippen LogP contribution in [0.1, 0.15) is 0 Å². The molecule has 0 unspecified atom stereocenters. The highest BCUT2D eigenvalue weighted by Crippen LogP contribution is 2.47. The molecule has 0 aliphatic heterocycles. The van der Waals surface area contributed by atoms with Crippen LogP contribution in [0.2, 0.25) is 5.28 Å². The molecule has 0 atom stereocenters. The Bertz CT molecular complexity index is 2760. The quantitative estimate of drug-likeness (QED) is 0.0441. The van der Waals surface area contributed by atoms with Gasteiger partial charge in [0.05, 0.1) is 32.7 Å². The van der Waals surface area contributed by atoms with Crippen LogP contribution in [0.3, 0.4) is 0 Å². The number of aromatic hydroxyl groups is 1. The number of rotatable bonds is 14. The van der Waals surface area contributed by atoms with Crippen LogP contribution in [0.25, 0.3) is 10.8 Å². The van der Waals surface area contributed by atoms with E-state index in [4.69, 9.17) is 16.2 Å². The first-order valence-corrected chi connectivity index (χ1v) is 21.2. The van der Waals surface area contributed by atoms with E-state index in [0.29, 0.717) is 0 Å².